The molecule has 0 amide bonds. The van der Waals surface area contributed by atoms with Crippen molar-refractivity contribution in [1.82, 2.24) is 19.7 Å². The highest BCUT2D eigenvalue weighted by Gasteiger charge is 2.48. The summed E-state index contributed by atoms with van der Waals surface area (Å²) in [4.78, 5) is 1.81. The predicted molar refractivity (Wildman–Crippen MR) is 87.1 cm³/mol. The van der Waals surface area contributed by atoms with Gasteiger partial charge in [-0.2, -0.15) is 0 Å². The van der Waals surface area contributed by atoms with Crippen molar-refractivity contribution in [1.29, 1.82) is 0 Å². The predicted octanol–water partition coefficient (Wildman–Crippen LogP) is 1.48. The number of aliphatic hydroxyl groups excluding tert-OH is 1. The Morgan fingerprint density at radius 3 is 3.00 bits per heavy atom. The van der Waals surface area contributed by atoms with E-state index in [-0.39, 0.29) is 12.7 Å². The summed E-state index contributed by atoms with van der Waals surface area (Å²) in [5.74, 6) is 0. The van der Waals surface area contributed by atoms with Gasteiger partial charge in [-0.25, -0.2) is 4.90 Å². The zero-order chi connectivity index (χ0) is 16.2. The molecule has 0 bridgehead atoms. The molecule has 1 aromatic rings. The van der Waals surface area contributed by atoms with Crippen LogP contribution in [0.5, 0.6) is 0 Å². The van der Waals surface area contributed by atoms with Gasteiger partial charge < -0.3 is 15.1 Å². The third-order valence-electron chi connectivity index (χ3n) is 3.89. The minimum atomic E-state index is -1.10. The normalized spacial score (nSPS) is 29.7. The number of unbranched alkanes of at least 4 members (excludes halogenated alkanes) is 1. The van der Waals surface area contributed by atoms with Crippen LogP contribution < -0.4 is 4.65 Å². The maximum atomic E-state index is 13.0. The fourth-order valence-electron chi connectivity index (χ4n) is 2.62. The molecule has 8 heteroatoms. The number of hydroxylamine groups is 2. The number of methoxy groups -OCH3 is 1. The van der Waals surface area contributed by atoms with Crippen molar-refractivity contribution in [3.05, 3.63) is 22.4 Å². The van der Waals surface area contributed by atoms with Crippen LogP contribution in [-0.4, -0.2) is 59.9 Å². The van der Waals surface area contributed by atoms with Gasteiger partial charge in [0.1, 0.15) is 17.7 Å². The second-order valence-corrected chi connectivity index (χ2v) is 6.61. The molecule has 1 saturated heterocycles. The number of rotatable bonds is 7. The second-order valence-electron chi connectivity index (χ2n) is 5.57. The SMILES string of the molecule is CC=CCCCc1nnc([N+]2([O-])CN(C)C(COC)C2O)s1. The van der Waals surface area contributed by atoms with Crippen LogP contribution in [0.4, 0.5) is 5.13 Å². The van der Waals surface area contributed by atoms with Crippen LogP contribution in [0.1, 0.15) is 24.8 Å². The van der Waals surface area contributed by atoms with Crippen molar-refractivity contribution in [3.63, 3.8) is 0 Å². The first-order chi connectivity index (χ1) is 10.5. The summed E-state index contributed by atoms with van der Waals surface area (Å²) in [6, 6.07) is -0.329. The molecule has 0 aliphatic carbocycles. The number of hydrogen-bond donors (Lipinski definition) is 1. The van der Waals surface area contributed by atoms with E-state index in [1.165, 1.54) is 11.3 Å². The minimum absolute atomic E-state index is 0.155. The van der Waals surface area contributed by atoms with E-state index in [2.05, 4.69) is 16.3 Å². The molecule has 7 nitrogen and oxygen atoms in total. The molecule has 2 heterocycles. The van der Waals surface area contributed by atoms with Crippen LogP contribution in [0, 0.1) is 5.21 Å². The number of allylic oxidation sites excluding steroid dienone is 2. The molecular formula is C14H24N4O3S. The van der Waals surface area contributed by atoms with Crippen LogP contribution in [0.3, 0.4) is 0 Å². The number of aromatic nitrogens is 2. The van der Waals surface area contributed by atoms with Crippen molar-refractivity contribution in [2.75, 3.05) is 27.4 Å². The molecule has 1 N–H and O–H groups in total. The number of likely N-dealkylation sites (N-methyl/N-ethyl adjacent to an activating group) is 1. The molecule has 22 heavy (non-hydrogen) atoms. The number of quaternary nitrogens is 1. The van der Waals surface area contributed by atoms with Gasteiger partial charge in [0.2, 0.25) is 6.23 Å². The van der Waals surface area contributed by atoms with Crippen LogP contribution in [0.2, 0.25) is 0 Å². The van der Waals surface area contributed by atoms with Crippen molar-refractivity contribution in [3.8, 4) is 0 Å². The molecule has 124 valence electrons. The molecule has 0 radical (unpaired) electrons. The molecule has 3 unspecified atom stereocenters. The molecule has 1 aliphatic rings. The molecule has 0 aromatic carbocycles. The average molecular weight is 328 g/mol. The second kappa shape index (κ2) is 7.58. The van der Waals surface area contributed by atoms with E-state index >= 15 is 0 Å². The highest BCUT2D eigenvalue weighted by atomic mass is 32.1. The van der Waals surface area contributed by atoms with E-state index in [0.717, 1.165) is 24.3 Å². The lowest BCUT2D eigenvalue weighted by Crippen LogP contribution is -2.51. The third kappa shape index (κ3) is 3.53. The van der Waals surface area contributed by atoms with Crippen LogP contribution in [0.15, 0.2) is 12.2 Å². The zero-order valence-electron chi connectivity index (χ0n) is 13.3. The van der Waals surface area contributed by atoms with Gasteiger partial charge in [0.25, 0.3) is 0 Å². The lowest BCUT2D eigenvalue weighted by molar-refractivity contribution is 0.0228. The van der Waals surface area contributed by atoms with E-state index < -0.39 is 10.9 Å². The Balaban J connectivity index is 2.06. The molecule has 1 aromatic heterocycles. The number of aryl methyl sites for hydroxylation is 1. The number of hydrogen-bond acceptors (Lipinski definition) is 7. The molecule has 0 spiro atoms. The molecular weight excluding hydrogens is 304 g/mol. The maximum Gasteiger partial charge on any atom is 0.309 e. The van der Waals surface area contributed by atoms with Gasteiger partial charge in [0.05, 0.1) is 6.61 Å². The zero-order valence-corrected chi connectivity index (χ0v) is 14.1. The largest absolute Gasteiger partial charge is 0.623 e. The number of nitrogens with zero attached hydrogens (tertiary/aromatic N) is 4. The van der Waals surface area contributed by atoms with Gasteiger partial charge in [-0.1, -0.05) is 17.3 Å². The summed E-state index contributed by atoms with van der Waals surface area (Å²) in [6.45, 7) is 2.47. The number of aliphatic hydroxyl groups is 1. The van der Waals surface area contributed by atoms with Crippen LogP contribution in [0.25, 0.3) is 0 Å². The van der Waals surface area contributed by atoms with Crippen LogP contribution >= 0.6 is 11.3 Å². The van der Waals surface area contributed by atoms with Gasteiger partial charge >= 0.3 is 5.13 Å². The fourth-order valence-corrected chi connectivity index (χ4v) is 3.56. The summed E-state index contributed by atoms with van der Waals surface area (Å²) < 4.78 is 4.22. The Labute approximate surface area is 135 Å². The quantitative estimate of drug-likeness (QED) is 0.353. The van der Waals surface area contributed by atoms with Crippen molar-refractivity contribution in [2.45, 2.75) is 38.5 Å². The van der Waals surface area contributed by atoms with Crippen molar-refractivity contribution in [2.24, 2.45) is 0 Å². The topological polar surface area (TPSA) is 81.5 Å². The van der Waals surface area contributed by atoms with Gasteiger partial charge in [-0.3, -0.25) is 4.65 Å². The minimum Gasteiger partial charge on any atom is -0.623 e. The van der Waals surface area contributed by atoms with Gasteiger partial charge in [0.15, 0.2) is 0 Å². The van der Waals surface area contributed by atoms with E-state index in [4.69, 9.17) is 4.74 Å². The first-order valence-electron chi connectivity index (χ1n) is 7.43. The summed E-state index contributed by atoms with van der Waals surface area (Å²) in [6.07, 6.45) is 5.80. The highest BCUT2D eigenvalue weighted by molar-refractivity contribution is 7.15. The van der Waals surface area contributed by atoms with E-state index in [9.17, 15) is 10.3 Å². The Morgan fingerprint density at radius 1 is 1.55 bits per heavy atom. The smallest absolute Gasteiger partial charge is 0.309 e. The molecule has 1 fully saturated rings. The first kappa shape index (κ1) is 17.5. The van der Waals surface area contributed by atoms with E-state index in [1.54, 1.807) is 7.11 Å². The van der Waals surface area contributed by atoms with Gasteiger partial charge in [-0.15, -0.1) is 5.10 Å². The number of ether oxygens (including phenoxy) is 1. The summed E-state index contributed by atoms with van der Waals surface area (Å²) in [5, 5.41) is 32.7. The lowest BCUT2D eigenvalue weighted by atomic mass is 10.2. The molecule has 0 saturated carbocycles. The molecule has 2 rings (SSSR count). The summed E-state index contributed by atoms with van der Waals surface area (Å²) in [5.41, 5.74) is 0. The van der Waals surface area contributed by atoms with Gasteiger partial charge in [0, 0.05) is 13.5 Å². The third-order valence-corrected chi connectivity index (χ3v) is 4.98. The molecule has 3 atom stereocenters. The van der Waals surface area contributed by atoms with E-state index in [1.807, 2.05) is 24.9 Å². The summed E-state index contributed by atoms with van der Waals surface area (Å²) >= 11 is 1.30. The Bertz CT molecular complexity index is 510. The Morgan fingerprint density at radius 2 is 2.32 bits per heavy atom. The maximum absolute atomic E-state index is 13.0. The summed E-state index contributed by atoms with van der Waals surface area (Å²) in [7, 11) is 3.37. The highest BCUT2D eigenvalue weighted by Crippen LogP contribution is 2.35. The van der Waals surface area contributed by atoms with Crippen LogP contribution in [-0.2, 0) is 11.2 Å². The van der Waals surface area contributed by atoms with E-state index in [0.29, 0.717) is 11.7 Å². The first-order valence-corrected chi connectivity index (χ1v) is 8.24. The fraction of sp³-hybridized carbons (Fsp3) is 0.714. The van der Waals surface area contributed by atoms with Gasteiger partial charge in [-0.05, 0) is 38.1 Å². The van der Waals surface area contributed by atoms with Crippen molar-refractivity contribution < 1.29 is 9.84 Å². The molecule has 1 aliphatic heterocycles. The van der Waals surface area contributed by atoms with Crippen molar-refractivity contribution >= 4 is 16.5 Å². The monoisotopic (exact) mass is 328 g/mol. The average Bonchev–Trinajstić information content (AvgIpc) is 3.04. The Kier molecular flexibility index (Phi) is 6.01. The Hall–Kier alpha value is -0.900. The standard InChI is InChI=1S/C14H24N4O3S/c1-4-5-6-7-8-12-15-16-14(22-12)18(20)10-17(2)11(9-21-3)13(18)19/h4-5,11,13,19H,6-10H2,1-3H3. The lowest BCUT2D eigenvalue weighted by Gasteiger charge is -2.37.